The topological polar surface area (TPSA) is 88.0 Å². The van der Waals surface area contributed by atoms with Crippen LogP contribution in [0.25, 0.3) is 11.3 Å². The van der Waals surface area contributed by atoms with E-state index in [9.17, 15) is 10.1 Å². The van der Waals surface area contributed by atoms with Gasteiger partial charge in [0.1, 0.15) is 18.2 Å². The van der Waals surface area contributed by atoms with Gasteiger partial charge >= 0.3 is 0 Å². The van der Waals surface area contributed by atoms with Gasteiger partial charge in [0.2, 0.25) is 0 Å². The molecule has 0 saturated heterocycles. The lowest BCUT2D eigenvalue weighted by atomic mass is 10.1. The van der Waals surface area contributed by atoms with Crippen LogP contribution < -0.4 is 15.0 Å². The van der Waals surface area contributed by atoms with E-state index >= 15 is 0 Å². The van der Waals surface area contributed by atoms with E-state index in [1.54, 1.807) is 24.5 Å². The van der Waals surface area contributed by atoms with Crippen LogP contribution in [0, 0.1) is 23.7 Å². The van der Waals surface area contributed by atoms with Gasteiger partial charge in [-0.25, -0.2) is 4.98 Å². The van der Waals surface area contributed by atoms with Gasteiger partial charge in [-0.3, -0.25) is 4.79 Å². The molecule has 0 bridgehead atoms. The van der Waals surface area contributed by atoms with Crippen LogP contribution in [0.15, 0.2) is 28.2 Å². The number of rotatable bonds is 5. The largest absolute Gasteiger partial charge is 0.493 e. The number of nitrogens with one attached hydrogen (secondary N) is 1. The molecule has 0 saturated carbocycles. The smallest absolute Gasteiger partial charge is 0.270 e. The molecule has 1 heterocycles. The summed E-state index contributed by atoms with van der Waals surface area (Å²) in [6, 6.07) is 6.90. The maximum Gasteiger partial charge on any atom is 0.270 e. The fourth-order valence-corrected chi connectivity index (χ4v) is 2.30. The van der Waals surface area contributed by atoms with Crippen LogP contribution >= 0.6 is 11.8 Å². The molecule has 1 aromatic carbocycles. The van der Waals surface area contributed by atoms with E-state index in [-0.39, 0.29) is 17.9 Å². The average molecular weight is 327 g/mol. The normalized spacial score (nSPS) is 9.74. The van der Waals surface area contributed by atoms with E-state index in [1.165, 1.54) is 18.9 Å². The van der Waals surface area contributed by atoms with Crippen molar-refractivity contribution < 1.29 is 9.47 Å². The van der Waals surface area contributed by atoms with Crippen LogP contribution in [-0.4, -0.2) is 29.9 Å². The molecule has 2 rings (SSSR count). The highest BCUT2D eigenvalue weighted by Crippen LogP contribution is 2.32. The number of thioether (sulfide) groups is 1. The van der Waals surface area contributed by atoms with Crippen molar-refractivity contribution in [3.05, 3.63) is 34.1 Å². The summed E-state index contributed by atoms with van der Waals surface area (Å²) in [4.78, 5) is 18.9. The molecular weight excluding hydrogens is 314 g/mol. The fourth-order valence-electron chi connectivity index (χ4n) is 1.92. The molecule has 7 heteroatoms. The van der Waals surface area contributed by atoms with Gasteiger partial charge in [-0.2, -0.15) is 5.26 Å². The quantitative estimate of drug-likeness (QED) is 0.514. The molecule has 1 aromatic heterocycles. The van der Waals surface area contributed by atoms with Crippen LogP contribution in [0.1, 0.15) is 5.56 Å². The summed E-state index contributed by atoms with van der Waals surface area (Å²) < 4.78 is 10.6. The second kappa shape index (κ2) is 7.39. The standard InChI is InChI=1S/C16H13N3O3S/c1-4-7-22-13-8-10(5-6-12(13)21-2)14-11(9-17)15(20)19-16(18-14)23-3/h1,5-6,8H,7H2,2-3H3,(H,18,19,20). The number of nitriles is 1. The summed E-state index contributed by atoms with van der Waals surface area (Å²) in [5.41, 5.74) is 0.309. The van der Waals surface area contributed by atoms with E-state index in [0.717, 1.165) is 0 Å². The lowest BCUT2D eigenvalue weighted by Crippen LogP contribution is -2.14. The first kappa shape index (κ1) is 16.5. The monoisotopic (exact) mass is 327 g/mol. The SMILES string of the molecule is C#CCOc1cc(-c2nc(SC)[nH]c(=O)c2C#N)ccc1OC. The number of benzene rings is 1. The summed E-state index contributed by atoms with van der Waals surface area (Å²) in [6.45, 7) is 0.0732. The summed E-state index contributed by atoms with van der Waals surface area (Å²) in [5.74, 6) is 3.29. The second-order valence-electron chi connectivity index (χ2n) is 4.27. The Bertz CT molecular complexity index is 862. The Kier molecular flexibility index (Phi) is 5.29. The minimum Gasteiger partial charge on any atom is -0.493 e. The predicted molar refractivity (Wildman–Crippen MR) is 87.7 cm³/mol. The van der Waals surface area contributed by atoms with Crippen molar-refractivity contribution in [2.75, 3.05) is 20.0 Å². The van der Waals surface area contributed by atoms with Gasteiger partial charge in [-0.1, -0.05) is 17.7 Å². The summed E-state index contributed by atoms with van der Waals surface area (Å²) >= 11 is 1.28. The highest BCUT2D eigenvalue weighted by Gasteiger charge is 2.15. The molecule has 1 N–H and O–H groups in total. The first-order chi connectivity index (χ1) is 11.1. The number of nitrogens with zero attached hydrogens (tertiary/aromatic N) is 2. The summed E-state index contributed by atoms with van der Waals surface area (Å²) in [7, 11) is 1.51. The van der Waals surface area contributed by atoms with Gasteiger partial charge in [-0.05, 0) is 24.5 Å². The predicted octanol–water partition coefficient (Wildman–Crippen LogP) is 2.05. The summed E-state index contributed by atoms with van der Waals surface area (Å²) in [5, 5.41) is 9.66. The lowest BCUT2D eigenvalue weighted by Gasteiger charge is -2.11. The molecule has 6 nitrogen and oxygen atoms in total. The van der Waals surface area contributed by atoms with Crippen LogP contribution in [-0.2, 0) is 0 Å². The minimum atomic E-state index is -0.483. The molecule has 0 fully saturated rings. The van der Waals surface area contributed by atoms with E-state index in [0.29, 0.717) is 22.2 Å². The number of terminal acetylenes is 1. The van der Waals surface area contributed by atoms with E-state index in [4.69, 9.17) is 15.9 Å². The van der Waals surface area contributed by atoms with Crippen molar-refractivity contribution in [1.29, 1.82) is 5.26 Å². The zero-order chi connectivity index (χ0) is 16.8. The molecule has 0 amide bonds. The minimum absolute atomic E-state index is 0.0594. The van der Waals surface area contributed by atoms with Crippen molar-refractivity contribution in [2.24, 2.45) is 0 Å². The highest BCUT2D eigenvalue weighted by molar-refractivity contribution is 7.98. The molecular formula is C16H13N3O3S. The molecule has 116 valence electrons. The van der Waals surface area contributed by atoms with E-state index < -0.39 is 5.56 Å². The number of hydrogen-bond acceptors (Lipinski definition) is 6. The Hall–Kier alpha value is -2.90. The number of ether oxygens (including phenoxy) is 2. The van der Waals surface area contributed by atoms with Gasteiger partial charge in [0.25, 0.3) is 5.56 Å². The van der Waals surface area contributed by atoms with Gasteiger partial charge in [-0.15, -0.1) is 6.42 Å². The molecule has 23 heavy (non-hydrogen) atoms. The molecule has 0 radical (unpaired) electrons. The lowest BCUT2D eigenvalue weighted by molar-refractivity contribution is 0.331. The van der Waals surface area contributed by atoms with Gasteiger partial charge in [0, 0.05) is 5.56 Å². The van der Waals surface area contributed by atoms with Gasteiger partial charge < -0.3 is 14.5 Å². The fraction of sp³-hybridized carbons (Fsp3) is 0.188. The second-order valence-corrected chi connectivity index (χ2v) is 5.06. The van der Waals surface area contributed by atoms with Gasteiger partial charge in [0.05, 0.1) is 12.8 Å². The molecule has 0 aliphatic heterocycles. The molecule has 0 aliphatic rings. The number of aromatic nitrogens is 2. The third-order valence-corrected chi connectivity index (χ3v) is 3.53. The van der Waals surface area contributed by atoms with E-state index in [1.807, 2.05) is 6.07 Å². The van der Waals surface area contributed by atoms with Crippen molar-refractivity contribution >= 4 is 11.8 Å². The maximum absolute atomic E-state index is 12.0. The van der Waals surface area contributed by atoms with Crippen molar-refractivity contribution in [3.63, 3.8) is 0 Å². The zero-order valence-corrected chi connectivity index (χ0v) is 13.4. The Morgan fingerprint density at radius 2 is 2.22 bits per heavy atom. The van der Waals surface area contributed by atoms with E-state index in [2.05, 4.69) is 15.9 Å². The van der Waals surface area contributed by atoms with Crippen molar-refractivity contribution in [3.8, 4) is 41.2 Å². The Labute approximate surface area is 137 Å². The van der Waals surface area contributed by atoms with Crippen molar-refractivity contribution in [1.82, 2.24) is 9.97 Å². The highest BCUT2D eigenvalue weighted by atomic mass is 32.2. The van der Waals surface area contributed by atoms with Crippen LogP contribution in [0.4, 0.5) is 0 Å². The van der Waals surface area contributed by atoms with Gasteiger partial charge in [0.15, 0.2) is 16.7 Å². The molecule has 0 unspecified atom stereocenters. The van der Waals surface area contributed by atoms with Crippen LogP contribution in [0.5, 0.6) is 11.5 Å². The Balaban J connectivity index is 2.63. The third kappa shape index (κ3) is 3.47. The average Bonchev–Trinajstić information content (AvgIpc) is 2.58. The first-order valence-electron chi connectivity index (χ1n) is 6.47. The Morgan fingerprint density at radius 1 is 1.43 bits per heavy atom. The number of H-pyrrole nitrogens is 1. The number of methoxy groups -OCH3 is 1. The Morgan fingerprint density at radius 3 is 2.83 bits per heavy atom. The maximum atomic E-state index is 12.0. The number of hydrogen-bond donors (Lipinski definition) is 1. The molecule has 0 aliphatic carbocycles. The molecule has 2 aromatic rings. The zero-order valence-electron chi connectivity index (χ0n) is 12.5. The first-order valence-corrected chi connectivity index (χ1v) is 7.70. The molecule has 0 spiro atoms. The van der Waals surface area contributed by atoms with Crippen LogP contribution in [0.2, 0.25) is 0 Å². The third-order valence-electron chi connectivity index (χ3n) is 2.95. The molecule has 0 atom stereocenters. The van der Waals surface area contributed by atoms with Crippen molar-refractivity contribution in [2.45, 2.75) is 5.16 Å². The number of aromatic amines is 1. The summed E-state index contributed by atoms with van der Waals surface area (Å²) in [6.07, 6.45) is 6.98. The van der Waals surface area contributed by atoms with Crippen LogP contribution in [0.3, 0.4) is 0 Å².